The van der Waals surface area contributed by atoms with E-state index < -0.39 is 10.0 Å². The van der Waals surface area contributed by atoms with Gasteiger partial charge in [0.05, 0.1) is 27.5 Å². The molecule has 1 saturated heterocycles. The minimum Gasteiger partial charge on any atom is -0.496 e. The van der Waals surface area contributed by atoms with Gasteiger partial charge in [0.1, 0.15) is 5.75 Å². The van der Waals surface area contributed by atoms with Gasteiger partial charge in [-0.1, -0.05) is 6.07 Å². The number of anilines is 1. The highest BCUT2D eigenvalue weighted by atomic mass is 79.9. The van der Waals surface area contributed by atoms with Crippen LogP contribution in [0.1, 0.15) is 28.5 Å². The third-order valence-electron chi connectivity index (χ3n) is 5.94. The lowest BCUT2D eigenvalue weighted by atomic mass is 10.00. The van der Waals surface area contributed by atoms with Crippen molar-refractivity contribution >= 4 is 49.3 Å². The molecule has 3 heterocycles. The Balaban J connectivity index is 1.52. The summed E-state index contributed by atoms with van der Waals surface area (Å²) in [6.07, 6.45) is 1.75. The minimum atomic E-state index is -3.66. The normalized spacial score (nSPS) is 21.2. The molecule has 0 radical (unpaired) electrons. The number of methoxy groups -OCH3 is 1. The molecule has 9 heteroatoms. The second kappa shape index (κ2) is 7.55. The second-order valence-corrected chi connectivity index (χ2v) is 11.6. The molecule has 0 saturated carbocycles. The first kappa shape index (κ1) is 20.4. The number of rotatable bonds is 4. The maximum absolute atomic E-state index is 13.7. The topological polar surface area (TPSA) is 66.9 Å². The van der Waals surface area contributed by atoms with Crippen LogP contribution in [-0.2, 0) is 27.7 Å². The molecule has 0 aliphatic carbocycles. The Labute approximate surface area is 188 Å². The molecule has 2 aromatic carbocycles. The van der Waals surface area contributed by atoms with Crippen molar-refractivity contribution in [2.45, 2.75) is 29.5 Å². The lowest BCUT2D eigenvalue weighted by molar-refractivity contribution is -0.118. The Morgan fingerprint density at radius 1 is 1.10 bits per heavy atom. The van der Waals surface area contributed by atoms with Crippen LogP contribution in [0.3, 0.4) is 0 Å². The Morgan fingerprint density at radius 3 is 2.60 bits per heavy atom. The van der Waals surface area contributed by atoms with Gasteiger partial charge in [-0.25, -0.2) is 8.42 Å². The van der Waals surface area contributed by atoms with Gasteiger partial charge in [-0.2, -0.15) is 4.31 Å². The van der Waals surface area contributed by atoms with Gasteiger partial charge in [-0.3, -0.25) is 4.79 Å². The van der Waals surface area contributed by atoms with Crippen molar-refractivity contribution in [3.63, 3.8) is 0 Å². The summed E-state index contributed by atoms with van der Waals surface area (Å²) in [5.74, 6) is 1.60. The van der Waals surface area contributed by atoms with Gasteiger partial charge in [0, 0.05) is 25.3 Å². The molecular formula is C21H21BrN2O4S2. The van der Waals surface area contributed by atoms with Crippen LogP contribution in [0.5, 0.6) is 5.75 Å². The number of hydrogen-bond acceptors (Lipinski definition) is 5. The molecule has 0 aromatic heterocycles. The van der Waals surface area contributed by atoms with Gasteiger partial charge in [-0.15, -0.1) is 11.8 Å². The highest BCUT2D eigenvalue weighted by Crippen LogP contribution is 2.45. The third-order valence-corrected chi connectivity index (χ3v) is 9.80. The molecule has 5 rings (SSSR count). The number of halogens is 1. The zero-order valence-corrected chi connectivity index (χ0v) is 19.6. The predicted octanol–water partition coefficient (Wildman–Crippen LogP) is 3.73. The molecule has 6 nitrogen and oxygen atoms in total. The number of carbonyl (C=O) groups excluding carboxylic acids is 1. The first-order valence-electron chi connectivity index (χ1n) is 9.83. The monoisotopic (exact) mass is 508 g/mol. The number of ether oxygens (including phenoxy) is 1. The predicted molar refractivity (Wildman–Crippen MR) is 121 cm³/mol. The summed E-state index contributed by atoms with van der Waals surface area (Å²) in [6, 6.07) is 9.26. The van der Waals surface area contributed by atoms with E-state index in [1.807, 2.05) is 23.1 Å². The van der Waals surface area contributed by atoms with E-state index in [1.165, 1.54) is 0 Å². The van der Waals surface area contributed by atoms with Crippen molar-refractivity contribution < 1.29 is 17.9 Å². The number of sulfonamides is 1. The molecule has 1 atom stereocenters. The fourth-order valence-electron chi connectivity index (χ4n) is 4.51. The highest BCUT2D eigenvalue weighted by molar-refractivity contribution is 9.10. The molecule has 1 amide bonds. The maximum Gasteiger partial charge on any atom is 0.244 e. The van der Waals surface area contributed by atoms with Crippen molar-refractivity contribution in [2.24, 2.45) is 0 Å². The largest absolute Gasteiger partial charge is 0.496 e. The van der Waals surface area contributed by atoms with Gasteiger partial charge >= 0.3 is 0 Å². The number of carbonyl (C=O) groups is 1. The molecule has 0 N–H and O–H groups in total. The molecule has 1 unspecified atom stereocenters. The third kappa shape index (κ3) is 3.18. The zero-order chi connectivity index (χ0) is 21.0. The molecular weight excluding hydrogens is 488 g/mol. The van der Waals surface area contributed by atoms with Crippen molar-refractivity contribution in [1.29, 1.82) is 0 Å². The van der Waals surface area contributed by atoms with Crippen molar-refractivity contribution in [2.75, 3.05) is 30.9 Å². The molecule has 3 aliphatic rings. The Bertz CT molecular complexity index is 1150. The van der Waals surface area contributed by atoms with Gasteiger partial charge in [-0.05, 0) is 69.7 Å². The van der Waals surface area contributed by atoms with Crippen molar-refractivity contribution in [1.82, 2.24) is 4.31 Å². The fraction of sp³-hybridized carbons (Fsp3) is 0.381. The van der Waals surface area contributed by atoms with Crippen LogP contribution >= 0.6 is 27.7 Å². The number of nitrogens with zero attached hydrogens (tertiary/aromatic N) is 2. The lowest BCUT2D eigenvalue weighted by Crippen LogP contribution is -2.33. The first-order chi connectivity index (χ1) is 14.4. The Kier molecular flexibility index (Phi) is 5.12. The van der Waals surface area contributed by atoms with E-state index in [-0.39, 0.29) is 11.3 Å². The van der Waals surface area contributed by atoms with Gasteiger partial charge in [0.25, 0.3) is 0 Å². The van der Waals surface area contributed by atoms with Crippen LogP contribution in [0, 0.1) is 0 Å². The quantitative estimate of drug-likeness (QED) is 0.629. The average Bonchev–Trinajstić information content (AvgIpc) is 3.39. The van der Waals surface area contributed by atoms with E-state index in [0.717, 1.165) is 32.6 Å². The number of benzene rings is 2. The standard InChI is InChI=1S/C21H21BrN2O4S2/c1-28-18-4-2-15(12-17(18)22)21-24(8-9-29-21)30(26,27)16-10-13-3-5-19(25)23-7-6-14(11-16)20(13)23/h2,4,10-12,21H,3,5-9H2,1H3. The van der Waals surface area contributed by atoms with Crippen LogP contribution in [0.4, 0.5) is 5.69 Å². The summed E-state index contributed by atoms with van der Waals surface area (Å²) < 4.78 is 35.0. The lowest BCUT2D eigenvalue weighted by Gasteiger charge is -2.27. The second-order valence-electron chi connectivity index (χ2n) is 7.62. The Morgan fingerprint density at radius 2 is 1.87 bits per heavy atom. The number of thioether (sulfide) groups is 1. The fourth-order valence-corrected chi connectivity index (χ4v) is 8.40. The SMILES string of the molecule is COc1ccc(C2SCCN2S(=O)(=O)c2cc3c4c(c2)CCN4C(=O)CC3)cc1Br. The first-order valence-corrected chi connectivity index (χ1v) is 13.1. The smallest absolute Gasteiger partial charge is 0.244 e. The van der Waals surface area contributed by atoms with E-state index >= 15 is 0 Å². The van der Waals surface area contributed by atoms with Gasteiger partial charge in [0.2, 0.25) is 15.9 Å². The van der Waals surface area contributed by atoms with Crippen LogP contribution in [0.2, 0.25) is 0 Å². The number of hydrogen-bond donors (Lipinski definition) is 0. The van der Waals surface area contributed by atoms with Gasteiger partial charge in [0.15, 0.2) is 0 Å². The van der Waals surface area contributed by atoms with Crippen LogP contribution in [-0.4, -0.2) is 44.6 Å². The minimum absolute atomic E-state index is 0.137. The molecule has 3 aliphatic heterocycles. The molecule has 0 spiro atoms. The average molecular weight is 509 g/mol. The molecule has 0 bridgehead atoms. The summed E-state index contributed by atoms with van der Waals surface area (Å²) in [5.41, 5.74) is 3.80. The summed E-state index contributed by atoms with van der Waals surface area (Å²) in [7, 11) is -2.06. The van der Waals surface area contributed by atoms with Crippen LogP contribution < -0.4 is 9.64 Å². The van der Waals surface area contributed by atoms with Crippen LogP contribution in [0.25, 0.3) is 0 Å². The number of amides is 1. The van der Waals surface area contributed by atoms with Crippen molar-refractivity contribution in [3.8, 4) is 5.75 Å². The maximum atomic E-state index is 13.7. The van der Waals surface area contributed by atoms with E-state index in [4.69, 9.17) is 4.74 Å². The van der Waals surface area contributed by atoms with E-state index in [9.17, 15) is 13.2 Å². The summed E-state index contributed by atoms with van der Waals surface area (Å²) in [6.45, 7) is 1.12. The molecule has 30 heavy (non-hydrogen) atoms. The van der Waals surface area contributed by atoms with E-state index in [2.05, 4.69) is 15.9 Å². The summed E-state index contributed by atoms with van der Waals surface area (Å²) in [5, 5.41) is -0.278. The summed E-state index contributed by atoms with van der Waals surface area (Å²) in [4.78, 5) is 14.3. The molecule has 1 fully saturated rings. The van der Waals surface area contributed by atoms with E-state index in [0.29, 0.717) is 43.0 Å². The molecule has 2 aromatic rings. The highest BCUT2D eigenvalue weighted by Gasteiger charge is 2.39. The van der Waals surface area contributed by atoms with Gasteiger partial charge < -0.3 is 9.64 Å². The van der Waals surface area contributed by atoms with E-state index in [1.54, 1.807) is 35.3 Å². The Hall–Kier alpha value is -1.55. The zero-order valence-electron chi connectivity index (χ0n) is 16.4. The van der Waals surface area contributed by atoms with Crippen molar-refractivity contribution in [3.05, 3.63) is 51.5 Å². The van der Waals surface area contributed by atoms with Crippen LogP contribution in [0.15, 0.2) is 39.7 Å². The molecule has 158 valence electrons. The number of aryl methyl sites for hydroxylation is 1. The summed E-state index contributed by atoms with van der Waals surface area (Å²) >= 11 is 5.13.